The summed E-state index contributed by atoms with van der Waals surface area (Å²) in [7, 11) is 7.70. The van der Waals surface area contributed by atoms with Crippen molar-refractivity contribution in [3.05, 3.63) is 35.4 Å². The van der Waals surface area contributed by atoms with Gasteiger partial charge in [0.15, 0.2) is 0 Å². The molecule has 0 bridgehead atoms. The molecule has 1 unspecified atom stereocenters. The van der Waals surface area contributed by atoms with Crippen LogP contribution in [0.4, 0.5) is 0 Å². The highest BCUT2D eigenvalue weighted by Gasteiger charge is 2.18. The van der Waals surface area contributed by atoms with Crippen molar-refractivity contribution < 1.29 is 0 Å². The minimum absolute atomic E-state index is 0.117. The van der Waals surface area contributed by atoms with Crippen molar-refractivity contribution in [3.8, 4) is 0 Å². The third-order valence-electron chi connectivity index (χ3n) is 2.79. The summed E-state index contributed by atoms with van der Waals surface area (Å²) < 4.78 is 0. The molecular formula is C14H21N3. The molecule has 1 rings (SSSR count). The minimum atomic E-state index is 0.117. The standard InChI is InChI=1S/C14H21N3/c1-11-8-6-7-9-12(11)14(16-3)13(10-15-2)17(4)5/h6-10,13H,1-5H3. The van der Waals surface area contributed by atoms with Gasteiger partial charge in [-0.05, 0) is 26.6 Å². The second-order valence-electron chi connectivity index (χ2n) is 4.24. The van der Waals surface area contributed by atoms with Crippen LogP contribution in [0.25, 0.3) is 0 Å². The number of hydrogen-bond acceptors (Lipinski definition) is 3. The highest BCUT2D eigenvalue weighted by molar-refractivity contribution is 6.13. The molecular weight excluding hydrogens is 210 g/mol. The fourth-order valence-electron chi connectivity index (χ4n) is 1.86. The first-order valence-corrected chi connectivity index (χ1v) is 5.73. The van der Waals surface area contributed by atoms with Gasteiger partial charge in [0.2, 0.25) is 0 Å². The lowest BCUT2D eigenvalue weighted by Gasteiger charge is -2.23. The lowest BCUT2D eigenvalue weighted by molar-refractivity contribution is 0.428. The molecule has 1 atom stereocenters. The highest BCUT2D eigenvalue weighted by Crippen LogP contribution is 2.12. The van der Waals surface area contributed by atoms with Crippen molar-refractivity contribution in [3.63, 3.8) is 0 Å². The Morgan fingerprint density at radius 1 is 1.24 bits per heavy atom. The Bertz CT molecular complexity index is 419. The van der Waals surface area contributed by atoms with E-state index in [0.717, 1.165) is 5.71 Å². The van der Waals surface area contributed by atoms with E-state index >= 15 is 0 Å². The maximum Gasteiger partial charge on any atom is 0.0871 e. The molecule has 0 spiro atoms. The molecule has 0 N–H and O–H groups in total. The lowest BCUT2D eigenvalue weighted by Crippen LogP contribution is -2.38. The van der Waals surface area contributed by atoms with E-state index in [1.807, 2.05) is 39.5 Å². The predicted octanol–water partition coefficient (Wildman–Crippen LogP) is 2.04. The van der Waals surface area contributed by atoms with Crippen LogP contribution in [0.15, 0.2) is 34.3 Å². The average molecular weight is 231 g/mol. The maximum absolute atomic E-state index is 4.44. The molecule has 0 heterocycles. The van der Waals surface area contributed by atoms with Crippen LogP contribution in [0.5, 0.6) is 0 Å². The van der Waals surface area contributed by atoms with E-state index in [1.54, 1.807) is 7.05 Å². The Balaban J connectivity index is 3.20. The summed E-state index contributed by atoms with van der Waals surface area (Å²) in [6.45, 7) is 2.11. The maximum atomic E-state index is 4.44. The number of rotatable bonds is 4. The van der Waals surface area contributed by atoms with Crippen LogP contribution >= 0.6 is 0 Å². The Labute approximate surface area is 104 Å². The summed E-state index contributed by atoms with van der Waals surface area (Å²) in [6, 6.07) is 8.42. The first-order chi connectivity index (χ1) is 8.11. The van der Waals surface area contributed by atoms with Crippen molar-refractivity contribution in [2.24, 2.45) is 9.98 Å². The van der Waals surface area contributed by atoms with Crippen molar-refractivity contribution in [2.75, 3.05) is 28.2 Å². The van der Waals surface area contributed by atoms with Crippen LogP contribution in [0.1, 0.15) is 11.1 Å². The summed E-state index contributed by atoms with van der Waals surface area (Å²) in [6.07, 6.45) is 1.93. The van der Waals surface area contributed by atoms with Crippen LogP contribution < -0.4 is 0 Å². The van der Waals surface area contributed by atoms with E-state index in [9.17, 15) is 0 Å². The average Bonchev–Trinajstić information content (AvgIpc) is 2.31. The smallest absolute Gasteiger partial charge is 0.0871 e. The fourth-order valence-corrected chi connectivity index (χ4v) is 1.86. The molecule has 0 amide bonds. The lowest BCUT2D eigenvalue weighted by atomic mass is 9.98. The predicted molar refractivity (Wildman–Crippen MR) is 75.5 cm³/mol. The van der Waals surface area contributed by atoms with Crippen LogP contribution in [0.2, 0.25) is 0 Å². The van der Waals surface area contributed by atoms with Gasteiger partial charge in [0.1, 0.15) is 0 Å². The zero-order valence-corrected chi connectivity index (χ0v) is 11.3. The summed E-state index contributed by atoms with van der Waals surface area (Å²) in [5.41, 5.74) is 3.48. The minimum Gasteiger partial charge on any atom is -0.299 e. The SMILES string of the molecule is CN=CC(C(=NC)c1ccccc1C)N(C)C. The van der Waals surface area contributed by atoms with Gasteiger partial charge in [0, 0.05) is 25.9 Å². The van der Waals surface area contributed by atoms with Gasteiger partial charge in [-0.3, -0.25) is 14.9 Å². The molecule has 17 heavy (non-hydrogen) atoms. The summed E-state index contributed by atoms with van der Waals surface area (Å²) >= 11 is 0. The number of aryl methyl sites for hydroxylation is 1. The molecule has 0 aromatic heterocycles. The molecule has 1 aromatic carbocycles. The molecule has 0 aliphatic carbocycles. The molecule has 1 aromatic rings. The van der Waals surface area contributed by atoms with Crippen LogP contribution in [-0.2, 0) is 0 Å². The summed E-state index contributed by atoms with van der Waals surface area (Å²) in [4.78, 5) is 10.7. The highest BCUT2D eigenvalue weighted by atomic mass is 15.1. The monoisotopic (exact) mass is 231 g/mol. The van der Waals surface area contributed by atoms with Crippen molar-refractivity contribution >= 4 is 11.9 Å². The van der Waals surface area contributed by atoms with E-state index < -0.39 is 0 Å². The van der Waals surface area contributed by atoms with Gasteiger partial charge in [0.25, 0.3) is 0 Å². The second kappa shape index (κ2) is 6.30. The van der Waals surface area contributed by atoms with Crippen LogP contribution in [0, 0.1) is 6.92 Å². The number of aliphatic imine (C=N–C) groups is 2. The van der Waals surface area contributed by atoms with E-state index in [-0.39, 0.29) is 6.04 Å². The molecule has 0 aliphatic heterocycles. The van der Waals surface area contributed by atoms with Crippen LogP contribution in [-0.4, -0.2) is 51.1 Å². The van der Waals surface area contributed by atoms with Gasteiger partial charge >= 0.3 is 0 Å². The number of likely N-dealkylation sites (N-methyl/N-ethyl adjacent to an activating group) is 1. The second-order valence-corrected chi connectivity index (χ2v) is 4.24. The van der Waals surface area contributed by atoms with E-state index in [1.165, 1.54) is 11.1 Å². The first kappa shape index (κ1) is 13.6. The van der Waals surface area contributed by atoms with Gasteiger partial charge in [-0.15, -0.1) is 0 Å². The van der Waals surface area contributed by atoms with Gasteiger partial charge < -0.3 is 0 Å². The van der Waals surface area contributed by atoms with Gasteiger partial charge in [0.05, 0.1) is 11.8 Å². The number of benzene rings is 1. The normalized spacial score (nSPS) is 14.6. The van der Waals surface area contributed by atoms with E-state index in [2.05, 4.69) is 33.9 Å². The number of nitrogens with zero attached hydrogens (tertiary/aromatic N) is 3. The molecule has 3 nitrogen and oxygen atoms in total. The summed E-state index contributed by atoms with van der Waals surface area (Å²) in [5.74, 6) is 0. The zero-order valence-electron chi connectivity index (χ0n) is 11.3. The molecule has 0 aliphatic rings. The summed E-state index contributed by atoms with van der Waals surface area (Å²) in [5, 5.41) is 0. The molecule has 0 saturated carbocycles. The molecule has 3 heteroatoms. The molecule has 0 radical (unpaired) electrons. The van der Waals surface area contributed by atoms with Gasteiger partial charge in [-0.1, -0.05) is 24.3 Å². The Kier molecular flexibility index (Phi) is 5.04. The third-order valence-corrected chi connectivity index (χ3v) is 2.79. The Morgan fingerprint density at radius 2 is 1.88 bits per heavy atom. The van der Waals surface area contributed by atoms with Gasteiger partial charge in [-0.2, -0.15) is 0 Å². The third kappa shape index (κ3) is 3.24. The zero-order chi connectivity index (χ0) is 12.8. The number of hydrogen-bond donors (Lipinski definition) is 0. The van der Waals surface area contributed by atoms with Gasteiger partial charge in [-0.25, -0.2) is 0 Å². The van der Waals surface area contributed by atoms with E-state index in [4.69, 9.17) is 0 Å². The molecule has 0 fully saturated rings. The Morgan fingerprint density at radius 3 is 2.35 bits per heavy atom. The van der Waals surface area contributed by atoms with E-state index in [0.29, 0.717) is 0 Å². The largest absolute Gasteiger partial charge is 0.299 e. The fraction of sp³-hybridized carbons (Fsp3) is 0.429. The van der Waals surface area contributed by atoms with Crippen LogP contribution in [0.3, 0.4) is 0 Å². The first-order valence-electron chi connectivity index (χ1n) is 5.73. The Hall–Kier alpha value is -1.48. The van der Waals surface area contributed by atoms with Crippen molar-refractivity contribution in [1.82, 2.24) is 4.90 Å². The molecule has 92 valence electrons. The quantitative estimate of drug-likeness (QED) is 0.729. The van der Waals surface area contributed by atoms with Crippen molar-refractivity contribution in [1.29, 1.82) is 0 Å². The molecule has 0 saturated heterocycles. The van der Waals surface area contributed by atoms with Crippen molar-refractivity contribution in [2.45, 2.75) is 13.0 Å². The topological polar surface area (TPSA) is 28.0 Å².